The molecule has 2 rings (SSSR count). The largest absolute Gasteiger partial charge is 1.00 e. The molecule has 23 heavy (non-hydrogen) atoms. The van der Waals surface area contributed by atoms with Crippen molar-refractivity contribution in [3.05, 3.63) is 42.7 Å². The van der Waals surface area contributed by atoms with Gasteiger partial charge in [-0.1, -0.05) is 50.8 Å². The Labute approximate surface area is 146 Å². The third-order valence-electron chi connectivity index (χ3n) is 3.97. The molecule has 0 saturated carbocycles. The number of benzene rings is 1. The lowest BCUT2D eigenvalue weighted by molar-refractivity contribution is -0.722. The van der Waals surface area contributed by atoms with Crippen LogP contribution in [0.25, 0.3) is 11.4 Å². The summed E-state index contributed by atoms with van der Waals surface area (Å²) in [6.07, 6.45) is 10.6. The van der Waals surface area contributed by atoms with Crippen LogP contribution in [-0.2, 0) is 18.0 Å². The number of aromatic nitrogens is 2. The van der Waals surface area contributed by atoms with Crippen LogP contribution in [0.15, 0.2) is 42.7 Å². The Bertz CT molecular complexity index is 540. The van der Waals surface area contributed by atoms with E-state index >= 15 is 0 Å². The minimum Gasteiger partial charge on any atom is -1.00 e. The van der Waals surface area contributed by atoms with Gasteiger partial charge in [-0.3, -0.25) is 0 Å². The molecule has 0 atom stereocenters. The van der Waals surface area contributed by atoms with Gasteiger partial charge in [0.2, 0.25) is 0 Å². The predicted octanol–water partition coefficient (Wildman–Crippen LogP) is 1.41. The first kappa shape index (κ1) is 19.7. The highest BCUT2D eigenvalue weighted by Gasteiger charge is 2.17. The van der Waals surface area contributed by atoms with E-state index in [2.05, 4.69) is 65.7 Å². The van der Waals surface area contributed by atoms with Gasteiger partial charge < -0.3 is 17.1 Å². The molecule has 1 aromatic heterocycles. The lowest BCUT2D eigenvalue weighted by Gasteiger charge is -2.06. The van der Waals surface area contributed by atoms with Gasteiger partial charge in [0.05, 0.1) is 18.7 Å². The fraction of sp³-hybridized carbons (Fsp3) is 0.526. The Balaban J connectivity index is 0.00000264. The average molecular weight is 337 g/mol. The van der Waals surface area contributed by atoms with Crippen LogP contribution in [0.2, 0.25) is 0 Å². The zero-order chi connectivity index (χ0) is 15.6. The summed E-state index contributed by atoms with van der Waals surface area (Å²) >= 11 is 0. The Kier molecular flexibility index (Phi) is 9.65. The summed E-state index contributed by atoms with van der Waals surface area (Å²) in [5, 5.41) is 0. The lowest BCUT2D eigenvalue weighted by Crippen LogP contribution is -3.00. The number of halogens is 1. The molecular formula is C19H29ClN2O. The molecule has 0 unspecified atom stereocenters. The second-order valence-electron chi connectivity index (χ2n) is 5.70. The summed E-state index contributed by atoms with van der Waals surface area (Å²) in [5.41, 5.74) is 1.24. The highest BCUT2D eigenvalue weighted by molar-refractivity contribution is 5.52. The van der Waals surface area contributed by atoms with Crippen LogP contribution in [0, 0.1) is 0 Å². The quantitative estimate of drug-likeness (QED) is 0.474. The molecule has 3 nitrogen and oxygen atoms in total. The van der Waals surface area contributed by atoms with Crippen LogP contribution in [0.1, 0.15) is 46.0 Å². The molecule has 0 spiro atoms. The number of hydrogen-bond donors (Lipinski definition) is 0. The zero-order valence-electron chi connectivity index (χ0n) is 14.4. The molecule has 0 saturated heterocycles. The maximum absolute atomic E-state index is 5.87. The molecule has 0 aliphatic carbocycles. The number of nitrogens with zero attached hydrogens (tertiary/aromatic N) is 2. The summed E-state index contributed by atoms with van der Waals surface area (Å²) in [6.45, 7) is 6.86. The molecule has 0 fully saturated rings. The Hall–Kier alpha value is -1.32. The number of aryl methyl sites for hydroxylation is 1. The lowest BCUT2D eigenvalue weighted by atomic mass is 10.2. The van der Waals surface area contributed by atoms with E-state index < -0.39 is 0 Å². The van der Waals surface area contributed by atoms with E-state index in [1.807, 2.05) is 0 Å². The van der Waals surface area contributed by atoms with Crippen LogP contribution in [0.4, 0.5) is 0 Å². The molecule has 0 aliphatic heterocycles. The van der Waals surface area contributed by atoms with Crippen molar-refractivity contribution in [2.45, 2.75) is 59.2 Å². The Morgan fingerprint density at radius 2 is 1.74 bits per heavy atom. The van der Waals surface area contributed by atoms with Crippen LogP contribution in [0.3, 0.4) is 0 Å². The van der Waals surface area contributed by atoms with E-state index in [0.717, 1.165) is 19.6 Å². The monoisotopic (exact) mass is 336 g/mol. The van der Waals surface area contributed by atoms with Crippen molar-refractivity contribution < 1.29 is 21.7 Å². The van der Waals surface area contributed by atoms with Crippen molar-refractivity contribution in [1.29, 1.82) is 0 Å². The molecule has 1 aromatic carbocycles. The number of imidazole rings is 1. The predicted molar refractivity (Wildman–Crippen MR) is 90.4 cm³/mol. The summed E-state index contributed by atoms with van der Waals surface area (Å²) in [4.78, 5) is 0. The van der Waals surface area contributed by atoms with Gasteiger partial charge in [-0.25, -0.2) is 9.13 Å². The number of rotatable bonds is 10. The fourth-order valence-corrected chi connectivity index (χ4v) is 2.72. The molecule has 128 valence electrons. The van der Waals surface area contributed by atoms with Gasteiger partial charge in [0.15, 0.2) is 6.73 Å². The van der Waals surface area contributed by atoms with Gasteiger partial charge >= 0.3 is 0 Å². The van der Waals surface area contributed by atoms with E-state index in [1.165, 1.54) is 37.1 Å². The van der Waals surface area contributed by atoms with Gasteiger partial charge in [-0.15, -0.1) is 0 Å². The van der Waals surface area contributed by atoms with E-state index in [9.17, 15) is 0 Å². The molecule has 0 radical (unpaired) electrons. The van der Waals surface area contributed by atoms with Gasteiger partial charge in [0, 0.05) is 0 Å². The third-order valence-corrected chi connectivity index (χ3v) is 3.97. The maximum Gasteiger partial charge on any atom is 0.290 e. The summed E-state index contributed by atoms with van der Waals surface area (Å²) in [5.74, 6) is 1.22. The molecule has 0 aliphatic rings. The minimum absolute atomic E-state index is 0. The Morgan fingerprint density at radius 1 is 1.00 bits per heavy atom. The molecule has 0 bridgehead atoms. The van der Waals surface area contributed by atoms with Gasteiger partial charge in [-0.2, -0.15) is 0 Å². The topological polar surface area (TPSA) is 18.0 Å². The molecule has 0 amide bonds. The summed E-state index contributed by atoms with van der Waals surface area (Å²) < 4.78 is 10.3. The van der Waals surface area contributed by atoms with Crippen molar-refractivity contribution in [1.82, 2.24) is 4.57 Å². The average Bonchev–Trinajstić information content (AvgIpc) is 2.98. The second kappa shape index (κ2) is 11.3. The van der Waals surface area contributed by atoms with Crippen LogP contribution < -0.4 is 17.0 Å². The summed E-state index contributed by atoms with van der Waals surface area (Å²) in [7, 11) is 0. The first-order valence-corrected chi connectivity index (χ1v) is 8.58. The molecular weight excluding hydrogens is 308 g/mol. The summed E-state index contributed by atoms with van der Waals surface area (Å²) in [6, 6.07) is 10.5. The molecule has 1 heterocycles. The maximum atomic E-state index is 5.87. The standard InChI is InChI=1S/C19H29N2O.ClH/c1-3-5-6-7-11-16-22-17-21-15-14-20(4-2)19(21)18-12-9-8-10-13-18;/h8-10,12-15H,3-7,11,16-17H2,1-2H3;1H/q+1;/p-1. The minimum atomic E-state index is 0. The first-order valence-electron chi connectivity index (χ1n) is 8.58. The van der Waals surface area contributed by atoms with E-state index in [-0.39, 0.29) is 12.4 Å². The number of unbranched alkanes of at least 4 members (excludes halogenated alkanes) is 4. The van der Waals surface area contributed by atoms with Gasteiger partial charge in [0.25, 0.3) is 5.82 Å². The number of hydrogen-bond acceptors (Lipinski definition) is 1. The first-order chi connectivity index (χ1) is 10.9. The fourth-order valence-electron chi connectivity index (χ4n) is 2.72. The van der Waals surface area contributed by atoms with Crippen LogP contribution in [-0.4, -0.2) is 11.2 Å². The zero-order valence-corrected chi connectivity index (χ0v) is 15.1. The van der Waals surface area contributed by atoms with Gasteiger partial charge in [0.1, 0.15) is 12.4 Å². The normalized spacial score (nSPS) is 10.5. The van der Waals surface area contributed by atoms with Crippen molar-refractivity contribution in [2.24, 2.45) is 0 Å². The van der Waals surface area contributed by atoms with Crippen molar-refractivity contribution in [2.75, 3.05) is 6.61 Å². The second-order valence-corrected chi connectivity index (χ2v) is 5.70. The van der Waals surface area contributed by atoms with E-state index in [4.69, 9.17) is 4.74 Å². The highest BCUT2D eigenvalue weighted by atomic mass is 35.5. The molecule has 4 heteroatoms. The van der Waals surface area contributed by atoms with Crippen LogP contribution in [0.5, 0.6) is 0 Å². The molecule has 0 N–H and O–H groups in total. The Morgan fingerprint density at radius 3 is 2.43 bits per heavy atom. The van der Waals surface area contributed by atoms with Crippen molar-refractivity contribution in [3.8, 4) is 11.4 Å². The van der Waals surface area contributed by atoms with Crippen molar-refractivity contribution >= 4 is 0 Å². The third kappa shape index (κ3) is 6.00. The highest BCUT2D eigenvalue weighted by Crippen LogP contribution is 2.15. The molecule has 2 aromatic rings. The van der Waals surface area contributed by atoms with Crippen molar-refractivity contribution in [3.63, 3.8) is 0 Å². The smallest absolute Gasteiger partial charge is 0.290 e. The van der Waals surface area contributed by atoms with Gasteiger partial charge in [-0.05, 0) is 25.5 Å². The van der Waals surface area contributed by atoms with E-state index in [0.29, 0.717) is 6.73 Å². The van der Waals surface area contributed by atoms with E-state index in [1.54, 1.807) is 0 Å². The SMILES string of the molecule is CCCCCCCOC[n+]1ccn(CC)c1-c1ccccc1.[Cl-]. The van der Waals surface area contributed by atoms with Crippen LogP contribution >= 0.6 is 0 Å². The number of ether oxygens (including phenoxy) is 1.